The summed E-state index contributed by atoms with van der Waals surface area (Å²) < 4.78 is 7.76. The molecule has 2 heteroatoms. The predicted molar refractivity (Wildman–Crippen MR) is 77.2 cm³/mol. The number of alkyl halides is 1. The van der Waals surface area contributed by atoms with Crippen molar-refractivity contribution in [2.75, 3.05) is 4.43 Å². The highest BCUT2D eigenvalue weighted by Gasteiger charge is 2.36. The van der Waals surface area contributed by atoms with Crippen LogP contribution in [0.2, 0.25) is 0 Å². The summed E-state index contributed by atoms with van der Waals surface area (Å²) in [5.74, 6) is 0.788. The van der Waals surface area contributed by atoms with Gasteiger partial charge in [-0.05, 0) is 31.6 Å². The molecule has 0 aromatic carbocycles. The van der Waals surface area contributed by atoms with Crippen LogP contribution >= 0.6 is 22.6 Å². The van der Waals surface area contributed by atoms with Gasteiger partial charge in [-0.2, -0.15) is 0 Å². The third kappa shape index (κ3) is 3.12. The summed E-state index contributed by atoms with van der Waals surface area (Å²) >= 11 is 2.54. The topological polar surface area (TPSA) is 9.23 Å². The van der Waals surface area contributed by atoms with Crippen LogP contribution in [0.25, 0.3) is 0 Å². The Morgan fingerprint density at radius 2 is 1.75 bits per heavy atom. The largest absolute Gasteiger partial charge is 0.371 e. The van der Waals surface area contributed by atoms with Gasteiger partial charge in [0.1, 0.15) is 0 Å². The average molecular weight is 336 g/mol. The summed E-state index contributed by atoms with van der Waals surface area (Å²) in [5.41, 5.74) is 0.245. The van der Waals surface area contributed by atoms with Gasteiger partial charge in [-0.25, -0.2) is 0 Å². The van der Waals surface area contributed by atoms with E-state index < -0.39 is 0 Å². The Morgan fingerprint density at radius 1 is 1.06 bits per heavy atom. The van der Waals surface area contributed by atoms with Crippen LogP contribution in [0.1, 0.15) is 64.7 Å². The van der Waals surface area contributed by atoms with E-state index in [9.17, 15) is 0 Å². The molecule has 0 aromatic rings. The molecule has 94 valence electrons. The van der Waals surface area contributed by atoms with Crippen molar-refractivity contribution in [2.24, 2.45) is 5.92 Å². The minimum atomic E-state index is 0.245. The van der Waals surface area contributed by atoms with Gasteiger partial charge in [0.05, 0.1) is 11.7 Å². The van der Waals surface area contributed by atoms with Gasteiger partial charge >= 0.3 is 0 Å². The first-order chi connectivity index (χ1) is 7.76. The second kappa shape index (κ2) is 6.03. The van der Waals surface area contributed by atoms with E-state index in [1.54, 1.807) is 0 Å². The van der Waals surface area contributed by atoms with Crippen LogP contribution < -0.4 is 0 Å². The Kier molecular flexibility index (Phi) is 4.95. The van der Waals surface area contributed by atoms with Crippen molar-refractivity contribution in [3.63, 3.8) is 0 Å². The maximum atomic E-state index is 6.57. The number of hydrogen-bond donors (Lipinski definition) is 0. The van der Waals surface area contributed by atoms with E-state index in [2.05, 4.69) is 29.5 Å². The van der Waals surface area contributed by atoms with Crippen molar-refractivity contribution in [3.8, 4) is 0 Å². The van der Waals surface area contributed by atoms with Crippen molar-refractivity contribution in [1.82, 2.24) is 0 Å². The Hall–Kier alpha value is 0.690. The van der Waals surface area contributed by atoms with Gasteiger partial charge in [-0.15, -0.1) is 0 Å². The Morgan fingerprint density at radius 3 is 2.38 bits per heavy atom. The quantitative estimate of drug-likeness (QED) is 0.535. The lowest BCUT2D eigenvalue weighted by molar-refractivity contribution is -0.125. The van der Waals surface area contributed by atoms with Crippen LogP contribution in [0.4, 0.5) is 0 Å². The lowest BCUT2D eigenvalue weighted by Crippen LogP contribution is -2.43. The molecule has 2 fully saturated rings. The molecule has 0 saturated heterocycles. The van der Waals surface area contributed by atoms with E-state index in [1.807, 2.05) is 0 Å². The fourth-order valence-electron chi connectivity index (χ4n) is 3.26. The molecule has 1 nitrogen and oxygen atoms in total. The molecule has 0 aromatic heterocycles. The number of hydrogen-bond acceptors (Lipinski definition) is 1. The van der Waals surface area contributed by atoms with Crippen LogP contribution in [0, 0.1) is 5.92 Å². The van der Waals surface area contributed by atoms with Gasteiger partial charge in [-0.3, -0.25) is 0 Å². The second-order valence-corrected chi connectivity index (χ2v) is 6.56. The van der Waals surface area contributed by atoms with Crippen LogP contribution in [0.15, 0.2) is 0 Å². The fraction of sp³-hybridized carbons (Fsp3) is 1.00. The molecule has 2 atom stereocenters. The molecule has 16 heavy (non-hydrogen) atoms. The SMILES string of the molecule is CC1CCCCC1OC1(CI)CCCCC1. The summed E-state index contributed by atoms with van der Waals surface area (Å²) in [6.07, 6.45) is 12.8. The molecule has 0 spiro atoms. The van der Waals surface area contributed by atoms with Crippen molar-refractivity contribution < 1.29 is 4.74 Å². The summed E-state index contributed by atoms with van der Waals surface area (Å²) in [7, 11) is 0. The number of ether oxygens (including phenoxy) is 1. The predicted octanol–water partition coefficient (Wildman–Crippen LogP) is 4.72. The zero-order chi connectivity index (χ0) is 11.4. The molecule has 0 heterocycles. The van der Waals surface area contributed by atoms with E-state index in [1.165, 1.54) is 62.2 Å². The molecular weight excluding hydrogens is 311 g/mol. The molecule has 0 bridgehead atoms. The van der Waals surface area contributed by atoms with Crippen LogP contribution in [-0.4, -0.2) is 16.1 Å². The normalized spacial score (nSPS) is 34.9. The molecule has 2 unspecified atom stereocenters. The smallest absolute Gasteiger partial charge is 0.0775 e. The third-order valence-electron chi connectivity index (χ3n) is 4.44. The average Bonchev–Trinajstić information content (AvgIpc) is 2.33. The monoisotopic (exact) mass is 336 g/mol. The van der Waals surface area contributed by atoms with Gasteiger partial charge in [-0.1, -0.05) is 61.6 Å². The zero-order valence-corrected chi connectivity index (χ0v) is 12.7. The molecule has 2 aliphatic rings. The molecule has 0 aliphatic heterocycles. The van der Waals surface area contributed by atoms with Crippen molar-refractivity contribution in [3.05, 3.63) is 0 Å². The van der Waals surface area contributed by atoms with E-state index in [0.717, 1.165) is 5.92 Å². The molecule has 0 amide bonds. The van der Waals surface area contributed by atoms with Gasteiger partial charge < -0.3 is 4.74 Å². The van der Waals surface area contributed by atoms with Crippen LogP contribution in [-0.2, 0) is 4.74 Å². The Balaban J connectivity index is 1.93. The molecule has 2 aliphatic carbocycles. The van der Waals surface area contributed by atoms with Gasteiger partial charge in [0.25, 0.3) is 0 Å². The standard InChI is InChI=1S/C14H25IO/c1-12-7-3-4-8-13(12)16-14(11-15)9-5-2-6-10-14/h12-13H,2-11H2,1H3. The first-order valence-corrected chi connectivity index (χ1v) is 8.52. The number of rotatable bonds is 3. The Bertz CT molecular complexity index is 211. The van der Waals surface area contributed by atoms with E-state index >= 15 is 0 Å². The van der Waals surface area contributed by atoms with Crippen molar-refractivity contribution >= 4 is 22.6 Å². The molecule has 0 N–H and O–H groups in total. The van der Waals surface area contributed by atoms with Crippen molar-refractivity contribution in [1.29, 1.82) is 0 Å². The minimum absolute atomic E-state index is 0.245. The number of halogens is 1. The minimum Gasteiger partial charge on any atom is -0.371 e. The highest BCUT2D eigenvalue weighted by atomic mass is 127. The van der Waals surface area contributed by atoms with E-state index in [0.29, 0.717) is 6.10 Å². The van der Waals surface area contributed by atoms with E-state index in [4.69, 9.17) is 4.74 Å². The second-order valence-electron chi connectivity index (χ2n) is 5.80. The first kappa shape index (κ1) is 13.1. The fourth-order valence-corrected chi connectivity index (χ4v) is 4.20. The maximum Gasteiger partial charge on any atom is 0.0775 e. The highest BCUT2D eigenvalue weighted by Crippen LogP contribution is 2.38. The lowest BCUT2D eigenvalue weighted by Gasteiger charge is -2.42. The zero-order valence-electron chi connectivity index (χ0n) is 10.5. The molecule has 2 rings (SSSR count). The van der Waals surface area contributed by atoms with Crippen LogP contribution in [0.3, 0.4) is 0 Å². The summed E-state index contributed by atoms with van der Waals surface area (Å²) in [6.45, 7) is 2.38. The maximum absolute atomic E-state index is 6.57. The third-order valence-corrected chi connectivity index (χ3v) is 5.83. The molecular formula is C14H25IO. The van der Waals surface area contributed by atoms with E-state index in [-0.39, 0.29) is 5.60 Å². The summed E-state index contributed by atoms with van der Waals surface area (Å²) in [6, 6.07) is 0. The highest BCUT2D eigenvalue weighted by molar-refractivity contribution is 14.1. The van der Waals surface area contributed by atoms with Gasteiger partial charge in [0, 0.05) is 4.43 Å². The molecule has 2 saturated carbocycles. The molecule has 0 radical (unpaired) electrons. The summed E-state index contributed by atoms with van der Waals surface area (Å²) in [4.78, 5) is 0. The lowest BCUT2D eigenvalue weighted by atomic mass is 9.83. The van der Waals surface area contributed by atoms with Gasteiger partial charge in [0.2, 0.25) is 0 Å². The van der Waals surface area contributed by atoms with Gasteiger partial charge in [0.15, 0.2) is 0 Å². The summed E-state index contributed by atoms with van der Waals surface area (Å²) in [5, 5.41) is 0. The van der Waals surface area contributed by atoms with Crippen LogP contribution in [0.5, 0.6) is 0 Å². The van der Waals surface area contributed by atoms with Crippen molar-refractivity contribution in [2.45, 2.75) is 76.4 Å². The first-order valence-electron chi connectivity index (χ1n) is 6.99. The Labute approximate surface area is 114 Å².